The van der Waals surface area contributed by atoms with Crippen LogP contribution in [0.1, 0.15) is 18.1 Å². The second-order valence-electron chi connectivity index (χ2n) is 6.46. The number of aryl methyl sites for hydroxylation is 2. The molecule has 0 spiro atoms. The number of nitrogens with zero attached hydrogens (tertiary/aromatic N) is 2. The molecule has 5 nitrogen and oxygen atoms in total. The first-order valence-electron chi connectivity index (χ1n) is 8.89. The Morgan fingerprint density at radius 3 is 2.59 bits per heavy atom. The summed E-state index contributed by atoms with van der Waals surface area (Å²) in [6.45, 7) is 7.09. The van der Waals surface area contributed by atoms with E-state index >= 15 is 0 Å². The Morgan fingerprint density at radius 2 is 1.89 bits per heavy atom. The monoisotopic (exact) mass is 384 g/mol. The molecule has 0 N–H and O–H groups in total. The second kappa shape index (κ2) is 8.50. The smallest absolute Gasteiger partial charge is 0.289 e. The largest absolute Gasteiger partial charge is 0.481 e. The molecule has 0 aliphatic rings. The van der Waals surface area contributed by atoms with Crippen LogP contribution in [0.5, 0.6) is 5.75 Å². The molecule has 2 aromatic carbocycles. The molecule has 1 aromatic heterocycles. The molecule has 1 heterocycles. The molecule has 0 radical (unpaired) electrons. The molecule has 1 atom stereocenters. The van der Waals surface area contributed by atoms with Crippen molar-refractivity contribution in [2.24, 2.45) is 4.99 Å². The van der Waals surface area contributed by atoms with Gasteiger partial charge < -0.3 is 14.0 Å². The molecular formula is C21H24N2O3S. The number of carbonyl (C=O) groups is 1. The number of rotatable bonds is 6. The van der Waals surface area contributed by atoms with Crippen molar-refractivity contribution in [3.63, 3.8) is 0 Å². The Balaban J connectivity index is 1.97. The summed E-state index contributed by atoms with van der Waals surface area (Å²) in [4.78, 5) is 17.7. The normalized spacial score (nSPS) is 13.1. The number of hydrogen-bond acceptors (Lipinski definition) is 4. The molecule has 0 fully saturated rings. The van der Waals surface area contributed by atoms with Crippen LogP contribution in [0.2, 0.25) is 0 Å². The summed E-state index contributed by atoms with van der Waals surface area (Å²) in [7, 11) is 1.67. The van der Waals surface area contributed by atoms with Crippen molar-refractivity contribution in [2.45, 2.75) is 33.4 Å². The first kappa shape index (κ1) is 19.3. The third-order valence-electron chi connectivity index (χ3n) is 4.43. The van der Waals surface area contributed by atoms with Gasteiger partial charge in [0, 0.05) is 13.7 Å². The van der Waals surface area contributed by atoms with Crippen molar-refractivity contribution in [3.8, 4) is 5.75 Å². The third-order valence-corrected chi connectivity index (χ3v) is 5.47. The first-order chi connectivity index (χ1) is 13.0. The average Bonchev–Trinajstić information content (AvgIpc) is 2.97. The van der Waals surface area contributed by atoms with Crippen molar-refractivity contribution in [1.82, 2.24) is 4.57 Å². The Labute approximate surface area is 162 Å². The molecule has 142 valence electrons. The summed E-state index contributed by atoms with van der Waals surface area (Å²) in [6, 6.07) is 13.6. The maximum Gasteiger partial charge on any atom is 0.289 e. The molecule has 6 heteroatoms. The van der Waals surface area contributed by atoms with E-state index in [4.69, 9.17) is 9.47 Å². The van der Waals surface area contributed by atoms with E-state index in [9.17, 15) is 4.79 Å². The number of methoxy groups -OCH3 is 1. The number of ether oxygens (including phenoxy) is 2. The van der Waals surface area contributed by atoms with Crippen LogP contribution in [-0.2, 0) is 16.1 Å². The Kier molecular flexibility index (Phi) is 6.08. The standard InChI is InChI=1S/C21H24N2O3S/c1-14-12-18-19(13-15(14)2)27-21(23(18)10-11-25-4)22-20(24)16(3)26-17-8-6-5-7-9-17/h5-9,12-13,16H,10-11H2,1-4H3. The van der Waals surface area contributed by atoms with Crippen LogP contribution in [0.15, 0.2) is 47.5 Å². The lowest BCUT2D eigenvalue weighted by Crippen LogP contribution is -2.26. The Hall–Kier alpha value is -2.44. The lowest BCUT2D eigenvalue weighted by Gasteiger charge is -2.11. The summed E-state index contributed by atoms with van der Waals surface area (Å²) >= 11 is 1.51. The van der Waals surface area contributed by atoms with Crippen molar-refractivity contribution < 1.29 is 14.3 Å². The topological polar surface area (TPSA) is 52.8 Å². The van der Waals surface area contributed by atoms with Crippen molar-refractivity contribution in [2.75, 3.05) is 13.7 Å². The molecule has 0 aliphatic carbocycles. The summed E-state index contributed by atoms with van der Waals surface area (Å²) < 4.78 is 14.1. The maximum atomic E-state index is 12.6. The molecule has 0 saturated heterocycles. The molecule has 0 saturated carbocycles. The van der Waals surface area contributed by atoms with Gasteiger partial charge >= 0.3 is 0 Å². The highest BCUT2D eigenvalue weighted by Crippen LogP contribution is 2.22. The van der Waals surface area contributed by atoms with Crippen molar-refractivity contribution >= 4 is 27.5 Å². The van der Waals surface area contributed by atoms with Crippen molar-refractivity contribution in [1.29, 1.82) is 0 Å². The van der Waals surface area contributed by atoms with E-state index in [2.05, 4.69) is 31.0 Å². The van der Waals surface area contributed by atoms with E-state index in [1.54, 1.807) is 14.0 Å². The quantitative estimate of drug-likeness (QED) is 0.648. The highest BCUT2D eigenvalue weighted by atomic mass is 32.1. The Morgan fingerprint density at radius 1 is 1.19 bits per heavy atom. The van der Waals surface area contributed by atoms with Crippen LogP contribution in [0.4, 0.5) is 0 Å². The second-order valence-corrected chi connectivity index (χ2v) is 7.47. The highest BCUT2D eigenvalue weighted by Gasteiger charge is 2.15. The van der Waals surface area contributed by atoms with E-state index in [1.807, 2.05) is 34.9 Å². The van der Waals surface area contributed by atoms with Gasteiger partial charge in [0.15, 0.2) is 10.9 Å². The van der Waals surface area contributed by atoms with Gasteiger partial charge in [-0.1, -0.05) is 29.5 Å². The van der Waals surface area contributed by atoms with E-state index in [-0.39, 0.29) is 5.91 Å². The zero-order chi connectivity index (χ0) is 19.4. The van der Waals surface area contributed by atoms with Crippen LogP contribution in [0, 0.1) is 13.8 Å². The van der Waals surface area contributed by atoms with Gasteiger partial charge in [-0.25, -0.2) is 0 Å². The first-order valence-corrected chi connectivity index (χ1v) is 9.71. The molecule has 3 aromatic rings. The third kappa shape index (κ3) is 4.46. The van der Waals surface area contributed by atoms with Gasteiger partial charge in [-0.15, -0.1) is 0 Å². The van der Waals surface area contributed by atoms with Crippen LogP contribution >= 0.6 is 11.3 Å². The summed E-state index contributed by atoms with van der Waals surface area (Å²) in [5, 5.41) is 0. The van der Waals surface area contributed by atoms with E-state index in [1.165, 1.54) is 22.5 Å². The van der Waals surface area contributed by atoms with Crippen LogP contribution in [0.3, 0.4) is 0 Å². The zero-order valence-electron chi connectivity index (χ0n) is 16.1. The van der Waals surface area contributed by atoms with E-state index in [0.717, 1.165) is 10.2 Å². The lowest BCUT2D eigenvalue weighted by molar-refractivity contribution is -0.124. The minimum atomic E-state index is -0.656. The number of hydrogen-bond donors (Lipinski definition) is 0. The van der Waals surface area contributed by atoms with Crippen LogP contribution in [0.25, 0.3) is 10.2 Å². The van der Waals surface area contributed by atoms with Crippen LogP contribution in [-0.4, -0.2) is 30.3 Å². The summed E-state index contributed by atoms with van der Waals surface area (Å²) in [6.07, 6.45) is -0.656. The molecule has 0 aliphatic heterocycles. The van der Waals surface area contributed by atoms with Gasteiger partial charge in [-0.3, -0.25) is 4.79 Å². The van der Waals surface area contributed by atoms with Crippen LogP contribution < -0.4 is 9.54 Å². The van der Waals surface area contributed by atoms with E-state index in [0.29, 0.717) is 23.7 Å². The van der Waals surface area contributed by atoms with Gasteiger partial charge in [-0.2, -0.15) is 4.99 Å². The van der Waals surface area contributed by atoms with Gasteiger partial charge in [-0.05, 0) is 56.2 Å². The van der Waals surface area contributed by atoms with E-state index < -0.39 is 6.10 Å². The van der Waals surface area contributed by atoms with Gasteiger partial charge in [0.2, 0.25) is 0 Å². The number of amides is 1. The van der Waals surface area contributed by atoms with Gasteiger partial charge in [0.1, 0.15) is 5.75 Å². The molecule has 1 unspecified atom stereocenters. The number of carbonyl (C=O) groups excluding carboxylic acids is 1. The average molecular weight is 385 g/mol. The maximum absolute atomic E-state index is 12.6. The lowest BCUT2D eigenvalue weighted by atomic mass is 10.1. The van der Waals surface area contributed by atoms with Gasteiger partial charge in [0.25, 0.3) is 5.91 Å². The molecule has 0 bridgehead atoms. The fourth-order valence-corrected chi connectivity index (χ4v) is 3.89. The molecule has 27 heavy (non-hydrogen) atoms. The predicted molar refractivity (Wildman–Crippen MR) is 108 cm³/mol. The Bertz CT molecular complexity index is 1010. The summed E-state index contributed by atoms with van der Waals surface area (Å²) in [5.74, 6) is 0.355. The minimum Gasteiger partial charge on any atom is -0.481 e. The SMILES string of the molecule is COCCn1c(=NC(=O)C(C)Oc2ccccc2)sc2cc(C)c(C)cc21. The highest BCUT2D eigenvalue weighted by molar-refractivity contribution is 7.16. The molecule has 1 amide bonds. The number of aromatic nitrogens is 1. The number of benzene rings is 2. The molecular weight excluding hydrogens is 360 g/mol. The number of thiazole rings is 1. The predicted octanol–water partition coefficient (Wildman–Crippen LogP) is 3.86. The minimum absolute atomic E-state index is 0.301. The zero-order valence-corrected chi connectivity index (χ0v) is 16.9. The summed E-state index contributed by atoms with van der Waals surface area (Å²) in [5.41, 5.74) is 3.51. The fraction of sp³-hybridized carbons (Fsp3) is 0.333. The molecule has 3 rings (SSSR count). The number of fused-ring (bicyclic) bond motifs is 1. The van der Waals surface area contributed by atoms with Crippen molar-refractivity contribution in [3.05, 3.63) is 58.4 Å². The fourth-order valence-electron chi connectivity index (χ4n) is 2.74. The van der Waals surface area contributed by atoms with Gasteiger partial charge in [0.05, 0.1) is 16.8 Å². The number of para-hydroxylation sites is 1.